The highest BCUT2D eigenvalue weighted by molar-refractivity contribution is 5.78. The van der Waals surface area contributed by atoms with E-state index in [2.05, 4.69) is 21.0 Å². The van der Waals surface area contributed by atoms with Crippen LogP contribution in [0.2, 0.25) is 0 Å². The number of pyridine rings is 1. The largest absolute Gasteiger partial charge is 0.340 e. The number of piperazine rings is 1. The maximum absolute atomic E-state index is 12.6. The molecule has 0 radical (unpaired) electrons. The fourth-order valence-electron chi connectivity index (χ4n) is 3.36. The highest BCUT2D eigenvalue weighted by Crippen LogP contribution is 2.11. The van der Waals surface area contributed by atoms with E-state index in [9.17, 15) is 4.79 Å². The van der Waals surface area contributed by atoms with Crippen molar-refractivity contribution in [3.63, 3.8) is 0 Å². The molecule has 0 saturated carbocycles. The van der Waals surface area contributed by atoms with Crippen LogP contribution in [0, 0.1) is 0 Å². The third kappa shape index (κ3) is 4.41. The Morgan fingerprint density at radius 3 is 2.48 bits per heavy atom. The van der Waals surface area contributed by atoms with Crippen LogP contribution < -0.4 is 0 Å². The van der Waals surface area contributed by atoms with Gasteiger partial charge in [-0.05, 0) is 29.3 Å². The second-order valence-electron chi connectivity index (χ2n) is 6.82. The molecule has 1 aliphatic rings. The minimum Gasteiger partial charge on any atom is -0.340 e. The molecule has 1 amide bonds. The standard InChI is InChI=1S/C21H23N5O/c27-21(13-19-15-23-26(17-19)20-6-2-1-3-7-20)25-11-9-24(10-12-25)16-18-5-4-8-22-14-18/h1-8,14-15,17H,9-13,16H2. The van der Waals surface area contributed by atoms with Gasteiger partial charge in [-0.3, -0.25) is 14.7 Å². The minimum absolute atomic E-state index is 0.170. The summed E-state index contributed by atoms with van der Waals surface area (Å²) < 4.78 is 1.81. The van der Waals surface area contributed by atoms with E-state index in [0.29, 0.717) is 6.42 Å². The zero-order valence-electron chi connectivity index (χ0n) is 15.2. The number of carbonyl (C=O) groups excluding carboxylic acids is 1. The van der Waals surface area contributed by atoms with Crippen molar-refractivity contribution in [2.24, 2.45) is 0 Å². The third-order valence-corrected chi connectivity index (χ3v) is 4.87. The van der Waals surface area contributed by atoms with E-state index < -0.39 is 0 Å². The average molecular weight is 361 g/mol. The van der Waals surface area contributed by atoms with Gasteiger partial charge in [0.25, 0.3) is 0 Å². The number of para-hydroxylation sites is 1. The lowest BCUT2D eigenvalue weighted by molar-refractivity contribution is -0.132. The molecule has 0 atom stereocenters. The zero-order valence-corrected chi connectivity index (χ0v) is 15.2. The Morgan fingerprint density at radius 1 is 0.926 bits per heavy atom. The summed E-state index contributed by atoms with van der Waals surface area (Å²) in [5.74, 6) is 0.170. The van der Waals surface area contributed by atoms with E-state index in [0.717, 1.165) is 44.0 Å². The Labute approximate surface area is 159 Å². The number of hydrogen-bond donors (Lipinski definition) is 0. The van der Waals surface area contributed by atoms with Crippen molar-refractivity contribution >= 4 is 5.91 Å². The fraction of sp³-hybridized carbons (Fsp3) is 0.286. The molecule has 1 aliphatic heterocycles. The van der Waals surface area contributed by atoms with Crippen LogP contribution in [-0.2, 0) is 17.8 Å². The zero-order chi connectivity index (χ0) is 18.5. The summed E-state index contributed by atoms with van der Waals surface area (Å²) in [5, 5.41) is 4.38. The third-order valence-electron chi connectivity index (χ3n) is 4.87. The number of aromatic nitrogens is 3. The molecule has 0 aliphatic carbocycles. The van der Waals surface area contributed by atoms with E-state index in [4.69, 9.17) is 0 Å². The van der Waals surface area contributed by atoms with Crippen LogP contribution in [0.25, 0.3) is 5.69 Å². The van der Waals surface area contributed by atoms with Crippen molar-refractivity contribution in [1.29, 1.82) is 0 Å². The lowest BCUT2D eigenvalue weighted by Crippen LogP contribution is -2.48. The predicted molar refractivity (Wildman–Crippen MR) is 103 cm³/mol. The fourth-order valence-corrected chi connectivity index (χ4v) is 3.36. The minimum atomic E-state index is 0.170. The summed E-state index contributed by atoms with van der Waals surface area (Å²) >= 11 is 0. The second-order valence-corrected chi connectivity index (χ2v) is 6.82. The SMILES string of the molecule is O=C(Cc1cnn(-c2ccccc2)c1)N1CCN(Cc2cccnc2)CC1. The predicted octanol–water partition coefficient (Wildman–Crippen LogP) is 2.15. The molecule has 4 rings (SSSR count). The number of benzene rings is 1. The van der Waals surface area contributed by atoms with E-state index in [1.165, 1.54) is 5.56 Å². The lowest BCUT2D eigenvalue weighted by atomic mass is 10.2. The Morgan fingerprint density at radius 2 is 1.74 bits per heavy atom. The molecule has 3 aromatic rings. The van der Waals surface area contributed by atoms with Crippen LogP contribution in [0.3, 0.4) is 0 Å². The molecule has 138 valence electrons. The van der Waals surface area contributed by atoms with Crippen molar-refractivity contribution in [3.05, 3.63) is 78.4 Å². The van der Waals surface area contributed by atoms with E-state index in [-0.39, 0.29) is 5.91 Å². The number of nitrogens with zero attached hydrogens (tertiary/aromatic N) is 5. The first-order valence-corrected chi connectivity index (χ1v) is 9.26. The summed E-state index contributed by atoms with van der Waals surface area (Å²) in [6.07, 6.45) is 7.81. The van der Waals surface area contributed by atoms with Crippen LogP contribution in [0.4, 0.5) is 0 Å². The highest BCUT2D eigenvalue weighted by atomic mass is 16.2. The quantitative estimate of drug-likeness (QED) is 0.699. The van der Waals surface area contributed by atoms with E-state index in [1.54, 1.807) is 12.4 Å². The molecule has 1 aromatic carbocycles. The van der Waals surface area contributed by atoms with Gasteiger partial charge in [0.1, 0.15) is 0 Å². The van der Waals surface area contributed by atoms with Gasteiger partial charge in [-0.2, -0.15) is 5.10 Å². The smallest absolute Gasteiger partial charge is 0.227 e. The summed E-state index contributed by atoms with van der Waals surface area (Å²) in [7, 11) is 0. The molecule has 6 heteroatoms. The first kappa shape index (κ1) is 17.4. The monoisotopic (exact) mass is 361 g/mol. The van der Waals surface area contributed by atoms with Crippen molar-refractivity contribution in [3.8, 4) is 5.69 Å². The molecular weight excluding hydrogens is 338 g/mol. The molecule has 0 bridgehead atoms. The number of carbonyl (C=O) groups is 1. The van der Waals surface area contributed by atoms with Crippen molar-refractivity contribution in [2.45, 2.75) is 13.0 Å². The molecule has 1 fully saturated rings. The van der Waals surface area contributed by atoms with Gasteiger partial charge < -0.3 is 4.90 Å². The average Bonchev–Trinajstić information content (AvgIpc) is 3.18. The van der Waals surface area contributed by atoms with Crippen LogP contribution in [0.5, 0.6) is 0 Å². The molecule has 2 aromatic heterocycles. The molecule has 0 N–H and O–H groups in total. The Bertz CT molecular complexity index is 870. The normalized spacial score (nSPS) is 15.0. The molecule has 3 heterocycles. The van der Waals surface area contributed by atoms with Crippen LogP contribution in [0.1, 0.15) is 11.1 Å². The van der Waals surface area contributed by atoms with Gasteiger partial charge in [0.05, 0.1) is 18.3 Å². The molecule has 0 unspecified atom stereocenters. The van der Waals surface area contributed by atoms with E-state index >= 15 is 0 Å². The van der Waals surface area contributed by atoms with Crippen LogP contribution in [-0.4, -0.2) is 56.7 Å². The van der Waals surface area contributed by atoms with Crippen LogP contribution >= 0.6 is 0 Å². The first-order chi connectivity index (χ1) is 13.3. The van der Waals surface area contributed by atoms with Gasteiger partial charge >= 0.3 is 0 Å². The molecule has 6 nitrogen and oxygen atoms in total. The summed E-state index contributed by atoms with van der Waals surface area (Å²) in [6.45, 7) is 4.21. The summed E-state index contributed by atoms with van der Waals surface area (Å²) in [5.41, 5.74) is 3.16. The number of amides is 1. The molecule has 1 saturated heterocycles. The van der Waals surface area contributed by atoms with Crippen molar-refractivity contribution in [2.75, 3.05) is 26.2 Å². The van der Waals surface area contributed by atoms with Gasteiger partial charge in [-0.25, -0.2) is 4.68 Å². The van der Waals surface area contributed by atoms with Gasteiger partial charge in [-0.15, -0.1) is 0 Å². The van der Waals surface area contributed by atoms with Gasteiger partial charge in [0, 0.05) is 51.3 Å². The topological polar surface area (TPSA) is 54.3 Å². The lowest BCUT2D eigenvalue weighted by Gasteiger charge is -2.34. The Balaban J connectivity index is 1.29. The van der Waals surface area contributed by atoms with Crippen LogP contribution in [0.15, 0.2) is 67.3 Å². The summed E-state index contributed by atoms with van der Waals surface area (Å²) in [6, 6.07) is 14.0. The Hall–Kier alpha value is -2.99. The second kappa shape index (κ2) is 8.14. The van der Waals surface area contributed by atoms with Gasteiger partial charge in [0.2, 0.25) is 5.91 Å². The van der Waals surface area contributed by atoms with Gasteiger partial charge in [0.15, 0.2) is 0 Å². The molecule has 0 spiro atoms. The number of rotatable bonds is 5. The van der Waals surface area contributed by atoms with E-state index in [1.807, 2.05) is 58.4 Å². The maximum Gasteiger partial charge on any atom is 0.227 e. The molecule has 27 heavy (non-hydrogen) atoms. The first-order valence-electron chi connectivity index (χ1n) is 9.26. The molecular formula is C21H23N5O. The van der Waals surface area contributed by atoms with Gasteiger partial charge in [-0.1, -0.05) is 24.3 Å². The maximum atomic E-state index is 12.6. The highest BCUT2D eigenvalue weighted by Gasteiger charge is 2.21. The number of hydrogen-bond acceptors (Lipinski definition) is 4. The Kier molecular flexibility index (Phi) is 5.25. The van der Waals surface area contributed by atoms with Crippen molar-refractivity contribution < 1.29 is 4.79 Å². The van der Waals surface area contributed by atoms with Crippen molar-refractivity contribution in [1.82, 2.24) is 24.6 Å². The summed E-state index contributed by atoms with van der Waals surface area (Å²) in [4.78, 5) is 21.1.